The van der Waals surface area contributed by atoms with E-state index in [4.69, 9.17) is 4.52 Å². The number of imidazole rings is 1. The molecule has 16 heteroatoms. The quantitative estimate of drug-likeness (QED) is 0.251. The van der Waals surface area contributed by atoms with Gasteiger partial charge in [-0.3, -0.25) is 4.79 Å². The lowest BCUT2D eigenvalue weighted by Crippen LogP contribution is -2.40. The fourth-order valence-electron chi connectivity index (χ4n) is 6.22. The van der Waals surface area contributed by atoms with Crippen LogP contribution in [0.5, 0.6) is 0 Å². The summed E-state index contributed by atoms with van der Waals surface area (Å²) in [5.74, 6) is -7.65. The molecule has 0 unspecified atom stereocenters. The molecule has 3 aromatic rings. The van der Waals surface area contributed by atoms with Crippen molar-refractivity contribution < 1.29 is 44.8 Å². The number of carbonyl (C=O) groups excluding carboxylic acids is 2. The van der Waals surface area contributed by atoms with Gasteiger partial charge in [-0.25, -0.2) is 31.9 Å². The first-order valence-electron chi connectivity index (χ1n) is 13.9. The second-order valence-electron chi connectivity index (χ2n) is 11.8. The van der Waals surface area contributed by atoms with Gasteiger partial charge in [0.05, 0.1) is 35.9 Å². The van der Waals surface area contributed by atoms with Crippen molar-refractivity contribution in [3.8, 4) is 0 Å². The summed E-state index contributed by atoms with van der Waals surface area (Å²) in [6.45, 7) is -0.715. The van der Waals surface area contributed by atoms with Gasteiger partial charge in [-0.15, -0.1) is 0 Å². The molecular weight excluding hydrogens is 589 g/mol. The number of urea groups is 1. The summed E-state index contributed by atoms with van der Waals surface area (Å²) in [7, 11) is 0. The number of rotatable bonds is 8. The zero-order valence-corrected chi connectivity index (χ0v) is 22.6. The van der Waals surface area contributed by atoms with E-state index < -0.39 is 67.1 Å². The molecule has 4 heterocycles. The summed E-state index contributed by atoms with van der Waals surface area (Å²) in [6, 6.07) is -1.30. The Morgan fingerprint density at radius 2 is 1.86 bits per heavy atom. The van der Waals surface area contributed by atoms with E-state index in [-0.39, 0.29) is 55.8 Å². The number of ketones is 1. The number of alkyl halides is 7. The maximum Gasteiger partial charge on any atom is 0.410 e. The van der Waals surface area contributed by atoms with Crippen molar-refractivity contribution in [1.29, 1.82) is 0 Å². The maximum absolute atomic E-state index is 14.0. The third kappa shape index (κ3) is 6.05. The highest BCUT2D eigenvalue weighted by atomic mass is 19.4. The molecular formula is C27H27F7N6O3. The molecule has 0 bridgehead atoms. The van der Waals surface area contributed by atoms with Gasteiger partial charge in [-0.05, 0) is 30.4 Å². The standard InChI is InChI=1S/C27H27F7N6O3/c28-25(29)3-1-15(2-4-25)17(6-20(41)18-13-43-38-23(18)16-7-26(30,31)8-16)19-11-40-22(36-19)5-14(9-35-40)10-39-12-21(27(32,33)34)37-24(39)42/h5,9,11,13,15-17,21H,1-4,6-8,10,12H2,(H,37,42)/t17-,21-/m0/s1. The third-order valence-electron chi connectivity index (χ3n) is 8.64. The average molecular weight is 617 g/mol. The second-order valence-corrected chi connectivity index (χ2v) is 11.8. The van der Waals surface area contributed by atoms with Crippen LogP contribution in [0.4, 0.5) is 35.5 Å². The normalized spacial score (nSPS) is 23.4. The predicted octanol–water partition coefficient (Wildman–Crippen LogP) is 5.87. The molecule has 0 spiro atoms. The molecule has 0 aromatic carbocycles. The van der Waals surface area contributed by atoms with Gasteiger partial charge in [0.15, 0.2) is 11.4 Å². The van der Waals surface area contributed by atoms with E-state index in [0.29, 0.717) is 16.9 Å². The lowest BCUT2D eigenvalue weighted by atomic mass is 9.74. The molecule has 0 radical (unpaired) electrons. The molecule has 232 valence electrons. The summed E-state index contributed by atoms with van der Waals surface area (Å²) in [5, 5.41) is 9.95. The van der Waals surface area contributed by atoms with Gasteiger partial charge in [0.25, 0.3) is 0 Å². The van der Waals surface area contributed by atoms with E-state index in [9.17, 15) is 40.3 Å². The number of hydrogen-bond donors (Lipinski definition) is 1. The Bertz CT molecular complexity index is 1520. The van der Waals surface area contributed by atoms with Crippen molar-refractivity contribution in [2.24, 2.45) is 5.92 Å². The Labute approximate surface area is 239 Å². The number of carbonyl (C=O) groups is 2. The van der Waals surface area contributed by atoms with Gasteiger partial charge in [-0.1, -0.05) is 5.16 Å². The number of Topliss-reactive ketones (excluding diaryl/α,β-unsaturated/α-hetero) is 1. The van der Waals surface area contributed by atoms with Crippen LogP contribution in [0.2, 0.25) is 0 Å². The van der Waals surface area contributed by atoms with Crippen molar-refractivity contribution in [1.82, 2.24) is 30.0 Å². The molecule has 9 nitrogen and oxygen atoms in total. The molecule has 1 saturated heterocycles. The van der Waals surface area contributed by atoms with E-state index in [2.05, 4.69) is 15.2 Å². The summed E-state index contributed by atoms with van der Waals surface area (Å²) in [4.78, 5) is 31.1. The number of hydrogen-bond acceptors (Lipinski definition) is 6. The van der Waals surface area contributed by atoms with Gasteiger partial charge in [0.2, 0.25) is 11.8 Å². The third-order valence-corrected chi connectivity index (χ3v) is 8.64. The summed E-state index contributed by atoms with van der Waals surface area (Å²) in [5.41, 5.74) is 1.35. The second kappa shape index (κ2) is 10.5. The highest BCUT2D eigenvalue weighted by molar-refractivity contribution is 5.97. The van der Waals surface area contributed by atoms with Gasteiger partial charge < -0.3 is 14.7 Å². The number of nitrogens with one attached hydrogen (secondary N) is 1. The zero-order chi connectivity index (χ0) is 30.7. The van der Waals surface area contributed by atoms with Crippen LogP contribution in [-0.2, 0) is 6.54 Å². The zero-order valence-electron chi connectivity index (χ0n) is 22.6. The van der Waals surface area contributed by atoms with Crippen LogP contribution in [0, 0.1) is 5.92 Å². The molecule has 3 aliphatic rings. The van der Waals surface area contributed by atoms with E-state index in [1.807, 2.05) is 5.32 Å². The van der Waals surface area contributed by atoms with Crippen molar-refractivity contribution in [3.05, 3.63) is 47.2 Å². The van der Waals surface area contributed by atoms with E-state index >= 15 is 0 Å². The molecule has 3 aromatic heterocycles. The Hall–Kier alpha value is -3.72. The van der Waals surface area contributed by atoms with Crippen molar-refractivity contribution >= 4 is 17.5 Å². The van der Waals surface area contributed by atoms with Gasteiger partial charge in [-0.2, -0.15) is 18.3 Å². The van der Waals surface area contributed by atoms with Crippen LogP contribution in [0.1, 0.15) is 84.1 Å². The minimum Gasteiger partial charge on any atom is -0.364 e. The Morgan fingerprint density at radius 1 is 1.14 bits per heavy atom. The van der Waals surface area contributed by atoms with E-state index in [1.54, 1.807) is 12.3 Å². The fraction of sp³-hybridized carbons (Fsp3) is 0.593. The predicted molar refractivity (Wildman–Crippen MR) is 134 cm³/mol. The Balaban J connectivity index is 1.24. The van der Waals surface area contributed by atoms with Crippen molar-refractivity contribution in [2.45, 2.75) is 87.4 Å². The van der Waals surface area contributed by atoms with Gasteiger partial charge in [0, 0.05) is 50.5 Å². The smallest absolute Gasteiger partial charge is 0.364 e. The fourth-order valence-corrected chi connectivity index (χ4v) is 6.22. The maximum atomic E-state index is 14.0. The number of halogens is 7. The molecule has 6 rings (SSSR count). The SMILES string of the molecule is O=C(C[C@H](c1cn2ncc(CN3C[C@@H](C(F)(F)F)NC3=O)cc2n1)C1CCC(F)(F)CC1)c1conc1C1CC(F)(F)C1. The first-order chi connectivity index (χ1) is 20.2. The van der Waals surface area contributed by atoms with Gasteiger partial charge >= 0.3 is 12.2 Å². The summed E-state index contributed by atoms with van der Waals surface area (Å²) >= 11 is 0. The molecule has 1 N–H and O–H groups in total. The lowest BCUT2D eigenvalue weighted by molar-refractivity contribution is -0.149. The largest absolute Gasteiger partial charge is 0.410 e. The first-order valence-corrected chi connectivity index (χ1v) is 13.9. The monoisotopic (exact) mass is 616 g/mol. The summed E-state index contributed by atoms with van der Waals surface area (Å²) in [6.07, 6.45) is -2.02. The van der Waals surface area contributed by atoms with Crippen molar-refractivity contribution in [3.63, 3.8) is 0 Å². The van der Waals surface area contributed by atoms with Crippen LogP contribution < -0.4 is 5.32 Å². The van der Waals surface area contributed by atoms with Crippen LogP contribution in [-0.4, -0.2) is 67.1 Å². The minimum absolute atomic E-state index is 0.0804. The number of fused-ring (bicyclic) bond motifs is 1. The number of nitrogens with zero attached hydrogens (tertiary/aromatic N) is 5. The van der Waals surface area contributed by atoms with Crippen LogP contribution in [0.25, 0.3) is 5.65 Å². The molecule has 3 fully saturated rings. The molecule has 2 atom stereocenters. The van der Waals surface area contributed by atoms with E-state index in [1.165, 1.54) is 10.7 Å². The van der Waals surface area contributed by atoms with Crippen LogP contribution in [0.3, 0.4) is 0 Å². The molecule has 1 aliphatic heterocycles. The van der Waals surface area contributed by atoms with Crippen LogP contribution in [0.15, 0.2) is 29.2 Å². The molecule has 2 aliphatic carbocycles. The van der Waals surface area contributed by atoms with E-state index in [0.717, 1.165) is 11.2 Å². The van der Waals surface area contributed by atoms with Crippen LogP contribution >= 0.6 is 0 Å². The minimum atomic E-state index is -4.59. The summed E-state index contributed by atoms with van der Waals surface area (Å²) < 4.78 is 100. The molecule has 2 saturated carbocycles. The Kier molecular flexibility index (Phi) is 7.15. The lowest BCUT2D eigenvalue weighted by Gasteiger charge is -2.34. The van der Waals surface area contributed by atoms with Gasteiger partial charge in [0.1, 0.15) is 12.3 Å². The van der Waals surface area contributed by atoms with Crippen molar-refractivity contribution in [2.75, 3.05) is 6.54 Å². The number of aromatic nitrogens is 4. The Morgan fingerprint density at radius 3 is 2.51 bits per heavy atom. The molecule has 2 amide bonds. The highest BCUT2D eigenvalue weighted by Gasteiger charge is 2.49. The topological polar surface area (TPSA) is 106 Å². The molecule has 43 heavy (non-hydrogen) atoms. The number of amides is 2. The highest BCUT2D eigenvalue weighted by Crippen LogP contribution is 2.49. The first kappa shape index (κ1) is 29.4. The average Bonchev–Trinajstić information content (AvgIpc) is 3.64.